The number of halogens is 1. The van der Waals surface area contributed by atoms with Crippen LogP contribution in [0.25, 0.3) is 11.4 Å². The highest BCUT2D eigenvalue weighted by molar-refractivity contribution is 9.10. The quantitative estimate of drug-likeness (QED) is 0.181. The molecular weight excluding hydrogens is 480 g/mol. The summed E-state index contributed by atoms with van der Waals surface area (Å²) in [6.45, 7) is -0.171. The Balaban J connectivity index is 1.38. The molecule has 0 spiro atoms. The van der Waals surface area contributed by atoms with Crippen molar-refractivity contribution in [3.63, 3.8) is 0 Å². The molecule has 0 saturated heterocycles. The fraction of sp³-hybridized carbons (Fsp3) is 0.0476. The number of benzene rings is 2. The molecule has 0 aliphatic rings. The lowest BCUT2D eigenvalue weighted by molar-refractivity contribution is -0.122. The Morgan fingerprint density at radius 3 is 2.78 bits per heavy atom. The van der Waals surface area contributed by atoms with Crippen LogP contribution in [0.2, 0.25) is 0 Å². The fourth-order valence-electron chi connectivity index (χ4n) is 2.61. The molecule has 0 unspecified atom stereocenters. The van der Waals surface area contributed by atoms with Crippen LogP contribution in [0.15, 0.2) is 80.9 Å². The number of amides is 1. The molecule has 0 aliphatic carbocycles. The van der Waals surface area contributed by atoms with Crippen LogP contribution in [0.5, 0.6) is 5.75 Å². The number of nitrogens with one attached hydrogen (secondary N) is 1. The monoisotopic (exact) mass is 494 g/mol. The van der Waals surface area contributed by atoms with Crippen molar-refractivity contribution >= 4 is 34.0 Å². The second-order valence-corrected chi connectivity index (χ2v) is 7.27. The summed E-state index contributed by atoms with van der Waals surface area (Å²) in [5.41, 5.74) is 3.64. The number of hydrogen-bond acceptors (Lipinski definition) is 8. The van der Waals surface area contributed by atoms with Crippen LogP contribution < -0.4 is 10.2 Å². The summed E-state index contributed by atoms with van der Waals surface area (Å²) in [6, 6.07) is 17.4. The summed E-state index contributed by atoms with van der Waals surface area (Å²) in [6.07, 6.45) is 2.74. The van der Waals surface area contributed by atoms with Crippen LogP contribution in [-0.2, 0) is 11.3 Å². The molecule has 0 fully saturated rings. The standard InChI is InChI=1S/C21H15BrN6O4/c22-16-8-9-17(32-21(30)18-7-4-10-31-18)15(11-16)12-23-24-19(29)13-28-26-20(25-27-28)14-5-2-1-3-6-14/h1-12H,13H2,(H,24,29)/b23-12-. The number of esters is 1. The van der Waals surface area contributed by atoms with E-state index >= 15 is 0 Å². The Kier molecular flexibility index (Phi) is 6.46. The van der Waals surface area contributed by atoms with Gasteiger partial charge in [-0.3, -0.25) is 4.79 Å². The van der Waals surface area contributed by atoms with E-state index in [1.807, 2.05) is 30.3 Å². The number of nitrogens with zero attached hydrogens (tertiary/aromatic N) is 5. The number of rotatable bonds is 7. The van der Waals surface area contributed by atoms with E-state index in [9.17, 15) is 9.59 Å². The maximum absolute atomic E-state index is 12.2. The molecule has 0 aliphatic heterocycles. The molecule has 0 saturated carbocycles. The second-order valence-electron chi connectivity index (χ2n) is 6.35. The number of aromatic nitrogens is 4. The number of furan rings is 1. The molecule has 0 bridgehead atoms. The molecule has 32 heavy (non-hydrogen) atoms. The maximum Gasteiger partial charge on any atom is 0.379 e. The second kappa shape index (κ2) is 9.79. The molecule has 4 aromatic rings. The first-order chi connectivity index (χ1) is 15.6. The molecule has 0 atom stereocenters. The van der Waals surface area contributed by atoms with E-state index in [2.05, 4.69) is 41.9 Å². The van der Waals surface area contributed by atoms with Crippen molar-refractivity contribution in [2.24, 2.45) is 5.10 Å². The summed E-state index contributed by atoms with van der Waals surface area (Å²) in [5, 5.41) is 15.9. The first-order valence-electron chi connectivity index (χ1n) is 9.29. The van der Waals surface area contributed by atoms with Gasteiger partial charge in [0.05, 0.1) is 12.5 Å². The molecule has 2 heterocycles. The SMILES string of the molecule is O=C(Cn1nnc(-c2ccccc2)n1)N/N=C\c1cc(Br)ccc1OC(=O)c1ccco1. The van der Waals surface area contributed by atoms with Gasteiger partial charge in [-0.25, -0.2) is 10.2 Å². The van der Waals surface area contributed by atoms with Gasteiger partial charge in [0.25, 0.3) is 5.91 Å². The maximum atomic E-state index is 12.2. The van der Waals surface area contributed by atoms with Crippen LogP contribution in [0, 0.1) is 0 Å². The number of carbonyl (C=O) groups excluding carboxylic acids is 2. The van der Waals surface area contributed by atoms with Crippen molar-refractivity contribution in [3.05, 3.63) is 82.7 Å². The molecule has 10 nitrogen and oxygen atoms in total. The Morgan fingerprint density at radius 1 is 1.16 bits per heavy atom. The summed E-state index contributed by atoms with van der Waals surface area (Å²) in [7, 11) is 0. The Labute approximate surface area is 190 Å². The van der Waals surface area contributed by atoms with Gasteiger partial charge in [0.2, 0.25) is 11.6 Å². The van der Waals surface area contributed by atoms with Gasteiger partial charge in [0.1, 0.15) is 12.3 Å². The molecule has 4 rings (SSSR count). The number of hydrogen-bond donors (Lipinski definition) is 1. The van der Waals surface area contributed by atoms with E-state index in [4.69, 9.17) is 9.15 Å². The van der Waals surface area contributed by atoms with Gasteiger partial charge in [-0.1, -0.05) is 46.3 Å². The third-order valence-corrected chi connectivity index (χ3v) is 4.55. The zero-order valence-electron chi connectivity index (χ0n) is 16.4. The molecular formula is C21H15BrN6O4. The normalized spacial score (nSPS) is 10.9. The molecule has 1 amide bonds. The van der Waals surface area contributed by atoms with E-state index < -0.39 is 11.9 Å². The van der Waals surface area contributed by atoms with E-state index in [0.29, 0.717) is 11.4 Å². The minimum absolute atomic E-state index is 0.0688. The predicted octanol–water partition coefficient (Wildman–Crippen LogP) is 3.07. The molecule has 2 aromatic heterocycles. The van der Waals surface area contributed by atoms with Crippen molar-refractivity contribution in [2.45, 2.75) is 6.54 Å². The van der Waals surface area contributed by atoms with Gasteiger partial charge in [-0.15, -0.1) is 10.2 Å². The topological polar surface area (TPSA) is 125 Å². The van der Waals surface area contributed by atoms with Gasteiger partial charge in [0.15, 0.2) is 0 Å². The number of carbonyl (C=O) groups is 2. The largest absolute Gasteiger partial charge is 0.457 e. The first kappa shape index (κ1) is 21.1. The molecule has 11 heteroatoms. The van der Waals surface area contributed by atoms with Crippen LogP contribution in [0.1, 0.15) is 16.1 Å². The Morgan fingerprint density at radius 2 is 2.00 bits per heavy atom. The minimum Gasteiger partial charge on any atom is -0.457 e. The first-order valence-corrected chi connectivity index (χ1v) is 10.1. The number of tetrazole rings is 1. The average Bonchev–Trinajstić information content (AvgIpc) is 3.49. The highest BCUT2D eigenvalue weighted by atomic mass is 79.9. The van der Waals surface area contributed by atoms with E-state index in [0.717, 1.165) is 10.0 Å². The van der Waals surface area contributed by atoms with Crippen molar-refractivity contribution < 1.29 is 18.7 Å². The van der Waals surface area contributed by atoms with E-state index in [1.165, 1.54) is 23.3 Å². The van der Waals surface area contributed by atoms with Crippen molar-refractivity contribution in [2.75, 3.05) is 0 Å². The van der Waals surface area contributed by atoms with Crippen molar-refractivity contribution in [1.82, 2.24) is 25.6 Å². The van der Waals surface area contributed by atoms with Gasteiger partial charge in [0, 0.05) is 15.6 Å². The zero-order chi connectivity index (χ0) is 22.3. The Hall–Kier alpha value is -4.12. The summed E-state index contributed by atoms with van der Waals surface area (Å²) in [5.74, 6) is -0.374. The molecule has 2 aromatic carbocycles. The van der Waals surface area contributed by atoms with E-state index in [-0.39, 0.29) is 18.1 Å². The average molecular weight is 495 g/mol. The van der Waals surface area contributed by atoms with Gasteiger partial charge < -0.3 is 9.15 Å². The number of ether oxygens (including phenoxy) is 1. The van der Waals surface area contributed by atoms with Crippen molar-refractivity contribution in [3.8, 4) is 17.1 Å². The smallest absolute Gasteiger partial charge is 0.379 e. The molecule has 1 N–H and O–H groups in total. The van der Waals surface area contributed by atoms with Crippen LogP contribution in [0.4, 0.5) is 0 Å². The van der Waals surface area contributed by atoms with Crippen LogP contribution in [0.3, 0.4) is 0 Å². The van der Waals surface area contributed by atoms with Gasteiger partial charge >= 0.3 is 5.97 Å². The number of hydrazone groups is 1. The van der Waals surface area contributed by atoms with Crippen LogP contribution in [-0.4, -0.2) is 38.3 Å². The van der Waals surface area contributed by atoms with E-state index in [1.54, 1.807) is 24.3 Å². The molecule has 160 valence electrons. The highest BCUT2D eigenvalue weighted by Gasteiger charge is 2.14. The highest BCUT2D eigenvalue weighted by Crippen LogP contribution is 2.23. The van der Waals surface area contributed by atoms with Crippen molar-refractivity contribution in [1.29, 1.82) is 0 Å². The zero-order valence-corrected chi connectivity index (χ0v) is 18.0. The molecule has 0 radical (unpaired) electrons. The third kappa shape index (κ3) is 5.32. The minimum atomic E-state index is -0.650. The summed E-state index contributed by atoms with van der Waals surface area (Å²) >= 11 is 3.35. The predicted molar refractivity (Wildman–Crippen MR) is 117 cm³/mol. The third-order valence-electron chi connectivity index (χ3n) is 4.06. The lowest BCUT2D eigenvalue weighted by Crippen LogP contribution is -2.24. The van der Waals surface area contributed by atoms with Gasteiger partial charge in [-0.05, 0) is 35.5 Å². The fourth-order valence-corrected chi connectivity index (χ4v) is 2.99. The van der Waals surface area contributed by atoms with Gasteiger partial charge in [-0.2, -0.15) is 9.90 Å². The Bertz CT molecular complexity index is 1250. The van der Waals surface area contributed by atoms with Crippen LogP contribution >= 0.6 is 15.9 Å². The lowest BCUT2D eigenvalue weighted by Gasteiger charge is -2.06. The summed E-state index contributed by atoms with van der Waals surface area (Å²) in [4.78, 5) is 25.5. The lowest BCUT2D eigenvalue weighted by atomic mass is 10.2. The summed E-state index contributed by atoms with van der Waals surface area (Å²) < 4.78 is 11.1.